The smallest absolute Gasteiger partial charge is 0.258 e. The number of amides is 1. The lowest BCUT2D eigenvalue weighted by Gasteiger charge is -2.23. The number of carbonyl (C=O) groups excluding carboxylic acids is 1. The number of fused-ring (bicyclic) bond motifs is 1. The zero-order chi connectivity index (χ0) is 15.5. The summed E-state index contributed by atoms with van der Waals surface area (Å²) in [6.45, 7) is 4.51. The molecule has 6 nitrogen and oxygen atoms in total. The average molecular weight is 300 g/mol. The zero-order valence-corrected chi connectivity index (χ0v) is 12.6. The molecule has 0 saturated carbocycles. The van der Waals surface area contributed by atoms with Gasteiger partial charge in [0, 0.05) is 13.1 Å². The second kappa shape index (κ2) is 6.27. The monoisotopic (exact) mass is 300 g/mol. The maximum absolute atomic E-state index is 12.5. The van der Waals surface area contributed by atoms with Crippen molar-refractivity contribution < 1.29 is 4.79 Å². The fraction of sp³-hybridized carbons (Fsp3) is 0.438. The first kappa shape index (κ1) is 14.7. The van der Waals surface area contributed by atoms with Gasteiger partial charge in [-0.05, 0) is 32.0 Å². The quantitative estimate of drug-likeness (QED) is 0.878. The van der Waals surface area contributed by atoms with Gasteiger partial charge in [0.15, 0.2) is 0 Å². The molecule has 1 atom stereocenters. The van der Waals surface area contributed by atoms with E-state index in [0.29, 0.717) is 29.8 Å². The molecule has 2 aromatic rings. The molecular formula is C16H20N4O2. The van der Waals surface area contributed by atoms with Crippen molar-refractivity contribution in [3.63, 3.8) is 0 Å². The number of hydrogen-bond acceptors (Lipinski definition) is 4. The molecule has 2 heterocycles. The van der Waals surface area contributed by atoms with Gasteiger partial charge in [0.05, 0.1) is 23.4 Å². The van der Waals surface area contributed by atoms with Crippen LogP contribution in [0.4, 0.5) is 0 Å². The first-order valence-corrected chi connectivity index (χ1v) is 7.66. The summed E-state index contributed by atoms with van der Waals surface area (Å²) in [6.07, 6.45) is 0.872. The highest BCUT2D eigenvalue weighted by Gasteiger charge is 2.26. The second-order valence-electron chi connectivity index (χ2n) is 5.57. The molecule has 0 aliphatic carbocycles. The van der Waals surface area contributed by atoms with Gasteiger partial charge in [-0.2, -0.15) is 0 Å². The minimum absolute atomic E-state index is 0.0344. The van der Waals surface area contributed by atoms with E-state index in [0.717, 1.165) is 19.5 Å². The van der Waals surface area contributed by atoms with Crippen LogP contribution >= 0.6 is 0 Å². The molecule has 0 spiro atoms. The van der Waals surface area contributed by atoms with Crippen LogP contribution in [0.25, 0.3) is 10.9 Å². The minimum Gasteiger partial charge on any atom is -0.335 e. The van der Waals surface area contributed by atoms with Crippen molar-refractivity contribution in [2.75, 3.05) is 19.6 Å². The van der Waals surface area contributed by atoms with Gasteiger partial charge in [0.2, 0.25) is 5.91 Å². The third-order valence-electron chi connectivity index (χ3n) is 4.11. The van der Waals surface area contributed by atoms with Gasteiger partial charge in [0.25, 0.3) is 5.56 Å². The zero-order valence-electron chi connectivity index (χ0n) is 12.6. The van der Waals surface area contributed by atoms with Gasteiger partial charge in [-0.3, -0.25) is 9.59 Å². The van der Waals surface area contributed by atoms with Crippen LogP contribution in [0.5, 0.6) is 0 Å². The summed E-state index contributed by atoms with van der Waals surface area (Å²) < 4.78 is 0. The molecule has 0 bridgehead atoms. The molecule has 1 aliphatic rings. The van der Waals surface area contributed by atoms with E-state index >= 15 is 0 Å². The summed E-state index contributed by atoms with van der Waals surface area (Å²) in [6, 6.07) is 7.23. The highest BCUT2D eigenvalue weighted by molar-refractivity contribution is 5.79. The van der Waals surface area contributed by atoms with Crippen molar-refractivity contribution in [2.24, 2.45) is 5.92 Å². The van der Waals surface area contributed by atoms with E-state index in [9.17, 15) is 9.59 Å². The normalized spacial score (nSPS) is 17.8. The molecule has 1 aliphatic heterocycles. The Morgan fingerprint density at radius 1 is 1.41 bits per heavy atom. The standard InChI is InChI=1S/C16H20N4O2/c1-2-20(16(22)11-7-8-17-9-11)10-14-18-13-6-4-3-5-12(13)15(21)19-14/h3-6,11,17H,2,7-10H2,1H3,(H,18,19,21). The van der Waals surface area contributed by atoms with Crippen molar-refractivity contribution in [2.45, 2.75) is 19.9 Å². The molecule has 116 valence electrons. The van der Waals surface area contributed by atoms with Gasteiger partial charge >= 0.3 is 0 Å². The number of nitrogens with one attached hydrogen (secondary N) is 2. The molecule has 1 amide bonds. The summed E-state index contributed by atoms with van der Waals surface area (Å²) in [5, 5.41) is 3.78. The van der Waals surface area contributed by atoms with E-state index in [2.05, 4.69) is 15.3 Å². The largest absolute Gasteiger partial charge is 0.335 e. The molecule has 6 heteroatoms. The summed E-state index contributed by atoms with van der Waals surface area (Å²) in [7, 11) is 0. The first-order chi connectivity index (χ1) is 10.7. The van der Waals surface area contributed by atoms with Crippen molar-refractivity contribution in [1.82, 2.24) is 20.2 Å². The van der Waals surface area contributed by atoms with Crippen LogP contribution in [-0.2, 0) is 11.3 Å². The number of aromatic amines is 1. The minimum atomic E-state index is -0.161. The lowest BCUT2D eigenvalue weighted by Crippen LogP contribution is -2.37. The van der Waals surface area contributed by atoms with E-state index in [1.807, 2.05) is 25.1 Å². The molecule has 0 radical (unpaired) electrons. The maximum atomic E-state index is 12.5. The van der Waals surface area contributed by atoms with Crippen LogP contribution in [0.15, 0.2) is 29.1 Å². The average Bonchev–Trinajstić information content (AvgIpc) is 3.06. The van der Waals surface area contributed by atoms with Crippen molar-refractivity contribution in [3.8, 4) is 0 Å². The van der Waals surface area contributed by atoms with Crippen LogP contribution in [0, 0.1) is 5.92 Å². The predicted molar refractivity (Wildman–Crippen MR) is 84.4 cm³/mol. The Kier molecular flexibility index (Phi) is 4.20. The molecule has 2 N–H and O–H groups in total. The van der Waals surface area contributed by atoms with Gasteiger partial charge in [-0.1, -0.05) is 12.1 Å². The first-order valence-electron chi connectivity index (χ1n) is 7.66. The molecule has 1 aromatic heterocycles. The Hall–Kier alpha value is -2.21. The van der Waals surface area contributed by atoms with Crippen LogP contribution < -0.4 is 10.9 Å². The number of rotatable bonds is 4. The van der Waals surface area contributed by atoms with E-state index in [-0.39, 0.29) is 17.4 Å². The number of carbonyl (C=O) groups is 1. The van der Waals surface area contributed by atoms with E-state index in [4.69, 9.17) is 0 Å². The van der Waals surface area contributed by atoms with Gasteiger partial charge in [-0.15, -0.1) is 0 Å². The number of nitrogens with zero attached hydrogens (tertiary/aromatic N) is 2. The van der Waals surface area contributed by atoms with E-state index < -0.39 is 0 Å². The fourth-order valence-electron chi connectivity index (χ4n) is 2.86. The SMILES string of the molecule is CCN(Cc1nc2ccccc2c(=O)[nH]1)C(=O)C1CCNC1. The molecular weight excluding hydrogens is 280 g/mol. The number of aromatic nitrogens is 2. The molecule has 22 heavy (non-hydrogen) atoms. The lowest BCUT2D eigenvalue weighted by atomic mass is 10.1. The van der Waals surface area contributed by atoms with Crippen LogP contribution in [0.3, 0.4) is 0 Å². The van der Waals surface area contributed by atoms with Crippen molar-refractivity contribution in [1.29, 1.82) is 0 Å². The molecule has 1 saturated heterocycles. The Bertz CT molecular complexity index is 734. The summed E-state index contributed by atoms with van der Waals surface area (Å²) in [5.41, 5.74) is 0.499. The van der Waals surface area contributed by atoms with E-state index in [1.165, 1.54) is 0 Å². The summed E-state index contributed by atoms with van der Waals surface area (Å²) >= 11 is 0. The number of H-pyrrole nitrogens is 1. The summed E-state index contributed by atoms with van der Waals surface area (Å²) in [5.74, 6) is 0.695. The second-order valence-corrected chi connectivity index (χ2v) is 5.57. The molecule has 1 unspecified atom stereocenters. The summed E-state index contributed by atoms with van der Waals surface area (Å²) in [4.78, 5) is 33.6. The molecule has 3 rings (SSSR count). The lowest BCUT2D eigenvalue weighted by molar-refractivity contribution is -0.135. The Labute approximate surface area is 128 Å². The fourth-order valence-corrected chi connectivity index (χ4v) is 2.86. The molecule has 1 fully saturated rings. The van der Waals surface area contributed by atoms with Crippen molar-refractivity contribution >= 4 is 16.8 Å². The van der Waals surface area contributed by atoms with Gasteiger partial charge < -0.3 is 15.2 Å². The third kappa shape index (κ3) is 2.87. The van der Waals surface area contributed by atoms with Gasteiger partial charge in [0.1, 0.15) is 5.82 Å². The van der Waals surface area contributed by atoms with Crippen LogP contribution in [0.2, 0.25) is 0 Å². The number of para-hydroxylation sites is 1. The van der Waals surface area contributed by atoms with Gasteiger partial charge in [-0.25, -0.2) is 4.98 Å². The highest BCUT2D eigenvalue weighted by Crippen LogP contribution is 2.14. The third-order valence-corrected chi connectivity index (χ3v) is 4.11. The molecule has 1 aromatic carbocycles. The van der Waals surface area contributed by atoms with E-state index in [1.54, 1.807) is 11.0 Å². The Balaban J connectivity index is 1.84. The number of hydrogen-bond donors (Lipinski definition) is 2. The maximum Gasteiger partial charge on any atom is 0.258 e. The topological polar surface area (TPSA) is 78.1 Å². The van der Waals surface area contributed by atoms with Crippen molar-refractivity contribution in [3.05, 3.63) is 40.4 Å². The predicted octanol–water partition coefficient (Wildman–Crippen LogP) is 0.881. The Morgan fingerprint density at radius 2 is 2.23 bits per heavy atom. The highest BCUT2D eigenvalue weighted by atomic mass is 16.2. The number of benzene rings is 1. The van der Waals surface area contributed by atoms with Crippen LogP contribution in [0.1, 0.15) is 19.2 Å². The van der Waals surface area contributed by atoms with Crippen LogP contribution in [-0.4, -0.2) is 40.4 Å². The Morgan fingerprint density at radius 3 is 2.95 bits per heavy atom.